The number of hydrogen-bond acceptors (Lipinski definition) is 3. The summed E-state index contributed by atoms with van der Waals surface area (Å²) in [5.41, 5.74) is 1.82. The van der Waals surface area contributed by atoms with E-state index in [1.165, 1.54) is 6.42 Å². The molecule has 1 unspecified atom stereocenters. The summed E-state index contributed by atoms with van der Waals surface area (Å²) in [6, 6.07) is 5.40. The first-order valence-corrected chi connectivity index (χ1v) is 7.85. The molecule has 21 heavy (non-hydrogen) atoms. The Bertz CT molecular complexity index is 450. The molecule has 0 aliphatic carbocycles. The van der Waals surface area contributed by atoms with E-state index in [1.807, 2.05) is 12.1 Å². The van der Waals surface area contributed by atoms with E-state index in [1.54, 1.807) is 13.2 Å². The Morgan fingerprint density at radius 2 is 2.24 bits per heavy atom. The quantitative estimate of drug-likeness (QED) is 0.782. The molecule has 1 aliphatic heterocycles. The molecular weight excluding hydrogens is 267 g/mol. The fourth-order valence-corrected chi connectivity index (χ4v) is 2.96. The van der Waals surface area contributed by atoms with Crippen molar-refractivity contribution in [1.29, 1.82) is 0 Å². The maximum absolute atomic E-state index is 14.2. The average Bonchev–Trinajstić information content (AvgIpc) is 2.94. The summed E-state index contributed by atoms with van der Waals surface area (Å²) in [5.74, 6) is 1.28. The molecule has 0 bridgehead atoms. The van der Waals surface area contributed by atoms with Crippen LogP contribution in [0.25, 0.3) is 0 Å². The number of nitrogens with one attached hydrogen (secondary N) is 1. The van der Waals surface area contributed by atoms with E-state index in [0.29, 0.717) is 25.0 Å². The van der Waals surface area contributed by atoms with E-state index >= 15 is 0 Å². The number of benzene rings is 1. The highest BCUT2D eigenvalue weighted by Gasteiger charge is 2.26. The topological polar surface area (TPSA) is 24.5 Å². The molecule has 1 aromatic carbocycles. The average molecular weight is 294 g/mol. The van der Waals surface area contributed by atoms with Crippen LogP contribution in [0.3, 0.4) is 0 Å². The van der Waals surface area contributed by atoms with Gasteiger partial charge in [-0.05, 0) is 30.4 Å². The summed E-state index contributed by atoms with van der Waals surface area (Å²) in [7, 11) is 1.67. The molecule has 1 N–H and O–H groups in total. The van der Waals surface area contributed by atoms with Crippen molar-refractivity contribution in [3.63, 3.8) is 0 Å². The van der Waals surface area contributed by atoms with Gasteiger partial charge < -0.3 is 15.0 Å². The van der Waals surface area contributed by atoms with Crippen LogP contribution in [0.15, 0.2) is 18.2 Å². The molecule has 0 aromatic heterocycles. The van der Waals surface area contributed by atoms with Gasteiger partial charge >= 0.3 is 0 Å². The Balaban J connectivity index is 2.07. The first-order valence-electron chi connectivity index (χ1n) is 7.85. The third-order valence-electron chi connectivity index (χ3n) is 4.39. The lowest BCUT2D eigenvalue weighted by Crippen LogP contribution is -2.25. The number of hydrogen-bond donors (Lipinski definition) is 1. The molecule has 1 aliphatic rings. The summed E-state index contributed by atoms with van der Waals surface area (Å²) in [6.07, 6.45) is 1.20. The highest BCUT2D eigenvalue weighted by atomic mass is 19.1. The normalized spacial score (nSPS) is 18.7. The molecule has 1 aromatic rings. The zero-order valence-corrected chi connectivity index (χ0v) is 13.4. The number of nitrogens with zero attached hydrogens (tertiary/aromatic N) is 1. The zero-order valence-electron chi connectivity index (χ0n) is 13.4. The van der Waals surface area contributed by atoms with Crippen LogP contribution >= 0.6 is 0 Å². The minimum atomic E-state index is -0.120. The van der Waals surface area contributed by atoms with E-state index < -0.39 is 0 Å². The van der Waals surface area contributed by atoms with E-state index in [4.69, 9.17) is 4.74 Å². The van der Waals surface area contributed by atoms with Crippen LogP contribution in [0.5, 0.6) is 0 Å². The monoisotopic (exact) mass is 294 g/mol. The Morgan fingerprint density at radius 1 is 1.43 bits per heavy atom. The second-order valence-corrected chi connectivity index (χ2v) is 6.15. The van der Waals surface area contributed by atoms with Crippen molar-refractivity contribution in [3.8, 4) is 0 Å². The second-order valence-electron chi connectivity index (χ2n) is 6.15. The summed E-state index contributed by atoms with van der Waals surface area (Å²) >= 11 is 0. The minimum absolute atomic E-state index is 0.120. The van der Waals surface area contributed by atoms with Gasteiger partial charge in [0.05, 0.1) is 6.61 Å². The van der Waals surface area contributed by atoms with E-state index in [-0.39, 0.29) is 5.82 Å². The first kappa shape index (κ1) is 16.2. The maximum atomic E-state index is 14.2. The molecule has 2 rings (SSSR count). The largest absolute Gasteiger partial charge is 0.383 e. The Labute approximate surface area is 127 Å². The number of halogens is 1. The van der Waals surface area contributed by atoms with Gasteiger partial charge in [-0.15, -0.1) is 0 Å². The summed E-state index contributed by atoms with van der Waals surface area (Å²) < 4.78 is 19.2. The van der Waals surface area contributed by atoms with Crippen LogP contribution in [0.1, 0.15) is 25.8 Å². The molecule has 1 atom stereocenters. The van der Waals surface area contributed by atoms with Crippen molar-refractivity contribution in [2.24, 2.45) is 11.8 Å². The van der Waals surface area contributed by atoms with Gasteiger partial charge in [0, 0.05) is 44.5 Å². The van der Waals surface area contributed by atoms with Gasteiger partial charge in [0.25, 0.3) is 0 Å². The third-order valence-corrected chi connectivity index (χ3v) is 4.39. The predicted octanol–water partition coefficient (Wildman–Crippen LogP) is 3.04. The van der Waals surface area contributed by atoms with Crippen LogP contribution in [-0.4, -0.2) is 33.4 Å². The van der Waals surface area contributed by atoms with Crippen LogP contribution in [0, 0.1) is 17.7 Å². The van der Waals surface area contributed by atoms with Crippen molar-refractivity contribution >= 4 is 5.69 Å². The maximum Gasteiger partial charge on any atom is 0.129 e. The molecule has 4 heteroatoms. The van der Waals surface area contributed by atoms with Gasteiger partial charge in [-0.1, -0.05) is 19.9 Å². The van der Waals surface area contributed by atoms with Crippen molar-refractivity contribution < 1.29 is 9.13 Å². The SMILES string of the molecule is COCCNCc1c(F)cccc1N1CCC(C(C)C)C1. The lowest BCUT2D eigenvalue weighted by atomic mass is 9.95. The Hall–Kier alpha value is -1.13. The molecule has 1 saturated heterocycles. The molecule has 118 valence electrons. The standard InChI is InChI=1S/C17H27FN2O/c1-13(2)14-7-9-20(12-14)17-6-4-5-16(18)15(17)11-19-8-10-21-3/h4-6,13-14,19H,7-12H2,1-3H3. The van der Waals surface area contributed by atoms with Gasteiger partial charge in [0.2, 0.25) is 0 Å². The van der Waals surface area contributed by atoms with Crippen LogP contribution in [-0.2, 0) is 11.3 Å². The fourth-order valence-electron chi connectivity index (χ4n) is 2.96. The Morgan fingerprint density at radius 3 is 2.90 bits per heavy atom. The van der Waals surface area contributed by atoms with E-state index in [2.05, 4.69) is 24.1 Å². The van der Waals surface area contributed by atoms with Crippen LogP contribution in [0.4, 0.5) is 10.1 Å². The van der Waals surface area contributed by atoms with Crippen LogP contribution < -0.4 is 10.2 Å². The summed E-state index contributed by atoms with van der Waals surface area (Å²) in [5, 5.41) is 3.25. The number of anilines is 1. The highest BCUT2D eigenvalue weighted by molar-refractivity contribution is 5.55. The van der Waals surface area contributed by atoms with Crippen molar-refractivity contribution in [2.45, 2.75) is 26.8 Å². The molecule has 1 fully saturated rings. The van der Waals surface area contributed by atoms with E-state index in [9.17, 15) is 4.39 Å². The highest BCUT2D eigenvalue weighted by Crippen LogP contribution is 2.31. The van der Waals surface area contributed by atoms with Gasteiger partial charge in [0.15, 0.2) is 0 Å². The lowest BCUT2D eigenvalue weighted by Gasteiger charge is -2.23. The lowest BCUT2D eigenvalue weighted by molar-refractivity contribution is 0.199. The number of ether oxygens (including phenoxy) is 1. The number of methoxy groups -OCH3 is 1. The molecule has 0 spiro atoms. The molecule has 0 radical (unpaired) electrons. The van der Waals surface area contributed by atoms with Gasteiger partial charge in [-0.25, -0.2) is 4.39 Å². The van der Waals surface area contributed by atoms with Gasteiger partial charge in [0.1, 0.15) is 5.82 Å². The van der Waals surface area contributed by atoms with Crippen molar-refractivity contribution in [1.82, 2.24) is 5.32 Å². The smallest absolute Gasteiger partial charge is 0.129 e. The van der Waals surface area contributed by atoms with Crippen molar-refractivity contribution in [3.05, 3.63) is 29.6 Å². The first-order chi connectivity index (χ1) is 10.1. The minimum Gasteiger partial charge on any atom is -0.383 e. The zero-order chi connectivity index (χ0) is 15.2. The molecule has 1 heterocycles. The third kappa shape index (κ3) is 4.17. The van der Waals surface area contributed by atoms with Crippen LogP contribution in [0.2, 0.25) is 0 Å². The molecule has 0 saturated carbocycles. The number of rotatable bonds is 7. The molecule has 3 nitrogen and oxygen atoms in total. The summed E-state index contributed by atoms with van der Waals surface area (Å²) in [6.45, 7) is 8.53. The molecular formula is C17H27FN2O. The van der Waals surface area contributed by atoms with Crippen molar-refractivity contribution in [2.75, 3.05) is 38.3 Å². The van der Waals surface area contributed by atoms with Gasteiger partial charge in [-0.2, -0.15) is 0 Å². The van der Waals surface area contributed by atoms with Gasteiger partial charge in [-0.3, -0.25) is 0 Å². The summed E-state index contributed by atoms with van der Waals surface area (Å²) in [4.78, 5) is 2.33. The Kier molecular flexibility index (Phi) is 6.00. The fraction of sp³-hybridized carbons (Fsp3) is 0.647. The predicted molar refractivity (Wildman–Crippen MR) is 85.1 cm³/mol. The second kappa shape index (κ2) is 7.76. The molecule has 0 amide bonds. The van der Waals surface area contributed by atoms with E-state index in [0.717, 1.165) is 30.9 Å².